The number of fused-ring (bicyclic) bond motifs is 2. The van der Waals surface area contributed by atoms with Gasteiger partial charge in [-0.05, 0) is 45.2 Å². The zero-order valence-electron chi connectivity index (χ0n) is 48.1. The van der Waals surface area contributed by atoms with E-state index in [0.717, 1.165) is 0 Å². The topological polar surface area (TPSA) is 400 Å². The average Bonchev–Trinajstić information content (AvgIpc) is 1.75. The van der Waals surface area contributed by atoms with Crippen molar-refractivity contribution in [3.8, 4) is 0 Å². The second kappa shape index (κ2) is 34.2. The minimum atomic E-state index is -2.47. The fraction of sp³-hybridized carbons (Fsp3) is 0.650. The lowest BCUT2D eigenvalue weighted by Gasteiger charge is -2.47. The molecule has 0 aliphatic carbocycles. The molecule has 84 heavy (non-hydrogen) atoms. The van der Waals surface area contributed by atoms with E-state index in [4.69, 9.17) is 23.7 Å². The SMILES string of the molecule is CC1[C@H](C)OC(=O)C[C@H](O)C[C@H](O)CC[C@@H](O)[C@H](O)C[C@H](O)C[C@]2(O)C[C@H](O)C(C(=O)NCCc3ccccn3)C(C[C@@H](OC3O[C@H](C)[C@@H](O)[C@H](NC[C@@]4(O)OC[C@@H](O)[C@@H](O)[C@@H]4O)[C@@H]3O)/C=C/C=C/C=C/C=C/C=C/C=C/C=C/[C@H](C)[C@H]1O)O2. The first-order valence-electron chi connectivity index (χ1n) is 28.8. The van der Waals surface area contributed by atoms with Crippen LogP contribution in [0.4, 0.5) is 0 Å². The molecule has 0 radical (unpaired) electrons. The summed E-state index contributed by atoms with van der Waals surface area (Å²) in [5, 5.41) is 160. The van der Waals surface area contributed by atoms with E-state index in [1.165, 1.54) is 13.0 Å². The van der Waals surface area contributed by atoms with Gasteiger partial charge < -0.3 is 106 Å². The second-order valence-electron chi connectivity index (χ2n) is 22.6. The van der Waals surface area contributed by atoms with Gasteiger partial charge in [0.25, 0.3) is 0 Å². The molecule has 3 fully saturated rings. The average molecular weight is 1190 g/mol. The van der Waals surface area contributed by atoms with Gasteiger partial charge in [0, 0.05) is 62.4 Å². The van der Waals surface area contributed by atoms with Crippen molar-refractivity contribution in [1.29, 1.82) is 0 Å². The first-order chi connectivity index (χ1) is 39.8. The molecule has 0 aromatic carbocycles. The lowest BCUT2D eigenvalue weighted by atomic mass is 9.82. The Morgan fingerprint density at radius 2 is 1.32 bits per heavy atom. The number of allylic oxidation sites excluding steroid dienone is 12. The molecule has 1 aromatic rings. The van der Waals surface area contributed by atoms with Gasteiger partial charge in [0.15, 0.2) is 12.1 Å². The Bertz CT molecular complexity index is 2360. The minimum Gasteiger partial charge on any atom is -0.462 e. The second-order valence-corrected chi connectivity index (χ2v) is 22.6. The van der Waals surface area contributed by atoms with E-state index in [2.05, 4.69) is 15.6 Å². The van der Waals surface area contributed by atoms with Crippen molar-refractivity contribution in [3.05, 3.63) is 115 Å². The number of amides is 1. The number of hydrogen-bond donors (Lipinski definition) is 16. The number of carbonyl (C=O) groups is 2. The zero-order valence-corrected chi connectivity index (χ0v) is 48.1. The summed E-state index contributed by atoms with van der Waals surface area (Å²) in [4.78, 5) is 31.2. The van der Waals surface area contributed by atoms with Gasteiger partial charge in [-0.1, -0.05) is 105 Å². The number of esters is 1. The Kier molecular flexibility index (Phi) is 28.6. The molecule has 0 spiro atoms. The van der Waals surface area contributed by atoms with E-state index in [-0.39, 0.29) is 38.1 Å². The lowest BCUT2D eigenvalue weighted by Crippen LogP contribution is -2.69. The molecule has 2 bridgehead atoms. The number of rotatable bonds is 9. The van der Waals surface area contributed by atoms with Gasteiger partial charge in [-0.15, -0.1) is 0 Å². The number of pyridine rings is 1. The van der Waals surface area contributed by atoms with Crippen LogP contribution in [0.2, 0.25) is 0 Å². The van der Waals surface area contributed by atoms with Crippen LogP contribution in [0.5, 0.6) is 0 Å². The normalized spacial score (nSPS) is 43.4. The maximum absolute atomic E-state index is 14.2. The monoisotopic (exact) mass is 1190 g/mol. The molecule has 1 aromatic heterocycles. The first-order valence-corrected chi connectivity index (χ1v) is 28.8. The highest BCUT2D eigenvalue weighted by atomic mass is 16.7. The number of aromatic nitrogens is 1. The summed E-state index contributed by atoms with van der Waals surface area (Å²) in [6.45, 7) is 5.54. The zero-order chi connectivity index (χ0) is 61.7. The van der Waals surface area contributed by atoms with Gasteiger partial charge in [0.05, 0.1) is 98.7 Å². The van der Waals surface area contributed by atoms with Gasteiger partial charge in [-0.25, -0.2) is 0 Å². The summed E-state index contributed by atoms with van der Waals surface area (Å²) in [6.07, 6.45) is -1.43. The quantitative estimate of drug-likeness (QED) is 0.129. The highest BCUT2D eigenvalue weighted by Crippen LogP contribution is 2.38. The van der Waals surface area contributed by atoms with Crippen LogP contribution in [0.1, 0.15) is 84.8 Å². The van der Waals surface area contributed by atoms with E-state index >= 15 is 0 Å². The molecular formula is C60H91N3O21. The smallest absolute Gasteiger partial charge is 0.308 e. The largest absolute Gasteiger partial charge is 0.462 e. The minimum absolute atomic E-state index is 0.0809. The van der Waals surface area contributed by atoms with Crippen molar-refractivity contribution in [2.24, 2.45) is 17.8 Å². The predicted molar refractivity (Wildman–Crippen MR) is 303 cm³/mol. The number of nitrogens with zero attached hydrogens (tertiary/aromatic N) is 1. The van der Waals surface area contributed by atoms with Crippen LogP contribution in [0.3, 0.4) is 0 Å². The number of aliphatic hydroxyl groups excluding tert-OH is 12. The van der Waals surface area contributed by atoms with Gasteiger partial charge in [0.2, 0.25) is 11.7 Å². The number of nitrogens with one attached hydrogen (secondary N) is 2. The van der Waals surface area contributed by atoms with E-state index in [0.29, 0.717) is 12.1 Å². The number of ether oxygens (including phenoxy) is 5. The number of carbonyl (C=O) groups excluding carboxylic acids is 2. The van der Waals surface area contributed by atoms with Crippen LogP contribution in [0.25, 0.3) is 0 Å². The van der Waals surface area contributed by atoms with E-state index in [1.54, 1.807) is 111 Å². The number of cyclic esters (lactones) is 1. The Hall–Kier alpha value is -4.49. The molecule has 472 valence electrons. The maximum Gasteiger partial charge on any atom is 0.308 e. The Labute approximate surface area is 490 Å². The van der Waals surface area contributed by atoms with Crippen LogP contribution >= 0.6 is 0 Å². The van der Waals surface area contributed by atoms with E-state index in [9.17, 15) is 81.1 Å². The molecule has 5 heterocycles. The Morgan fingerprint density at radius 3 is 1.96 bits per heavy atom. The van der Waals surface area contributed by atoms with Crippen LogP contribution in [0, 0.1) is 17.8 Å². The molecule has 4 aliphatic rings. The van der Waals surface area contributed by atoms with Gasteiger partial charge in [-0.3, -0.25) is 14.6 Å². The number of hydrogen-bond acceptors (Lipinski definition) is 23. The summed E-state index contributed by atoms with van der Waals surface area (Å²) in [7, 11) is 0. The van der Waals surface area contributed by atoms with Crippen molar-refractivity contribution >= 4 is 11.9 Å². The van der Waals surface area contributed by atoms with Crippen LogP contribution in [0.15, 0.2) is 109 Å². The Balaban J connectivity index is 1.43. The standard InChI is InChI=1S/C60H91N3O21/c1-35-19-15-13-11-9-7-5-6-8-10-12-14-16-21-43(83-58-55(75)51(53(73)38(4)82-58)63-34-60(79)56(76)54(74)47(70)33-80-60)30-48-50(57(77)62-26-24-39-20-17-18-25-61-39)46(69)32-59(78,84-48)31-42(66)28-45(68)44(67)23-22-40(64)27-41(65)29-49(71)81-37(3)36(2)52(35)72/h5-21,25,35-38,40-48,50-56,58,63-70,72-76,78-79H,22-24,26-34H2,1-4H3,(H,62,77)/b6-5+,9-7+,10-8+,13-11+,14-12+,19-15+,21-16+/t35-,36?,37-,38+,40+,41+,42-,43-,44+,45+,46-,47+,48?,50?,51-,52+,53+,54+,55-,56-,58?,59+,60+/m0/s1. The fourth-order valence-corrected chi connectivity index (χ4v) is 10.5. The van der Waals surface area contributed by atoms with Gasteiger partial charge >= 0.3 is 5.97 Å². The summed E-state index contributed by atoms with van der Waals surface area (Å²) < 4.78 is 29.5. The third-order valence-corrected chi connectivity index (χ3v) is 15.7. The molecule has 1 amide bonds. The Morgan fingerprint density at radius 1 is 0.679 bits per heavy atom. The van der Waals surface area contributed by atoms with E-state index in [1.807, 2.05) is 13.0 Å². The molecule has 16 N–H and O–H groups in total. The molecule has 5 rings (SSSR count). The molecule has 24 nitrogen and oxygen atoms in total. The van der Waals surface area contributed by atoms with Gasteiger partial charge in [-0.2, -0.15) is 0 Å². The molecule has 24 heteroatoms. The van der Waals surface area contributed by atoms with Crippen molar-refractivity contribution in [3.63, 3.8) is 0 Å². The van der Waals surface area contributed by atoms with Gasteiger partial charge in [0.1, 0.15) is 30.5 Å². The molecule has 4 aliphatic heterocycles. The van der Waals surface area contributed by atoms with Crippen molar-refractivity contribution in [2.75, 3.05) is 19.7 Å². The molecule has 0 saturated carbocycles. The maximum atomic E-state index is 14.2. The third kappa shape index (κ3) is 21.7. The molecule has 4 unspecified atom stereocenters. The van der Waals surface area contributed by atoms with Crippen LogP contribution < -0.4 is 10.6 Å². The summed E-state index contributed by atoms with van der Waals surface area (Å²) in [5.41, 5.74) is 0.666. The first kappa shape index (κ1) is 70.3. The lowest BCUT2D eigenvalue weighted by molar-refractivity contribution is -0.323. The van der Waals surface area contributed by atoms with Crippen molar-refractivity contribution in [1.82, 2.24) is 15.6 Å². The highest BCUT2D eigenvalue weighted by Gasteiger charge is 2.53. The summed E-state index contributed by atoms with van der Waals surface area (Å²) in [5.74, 6) is -8.47. The summed E-state index contributed by atoms with van der Waals surface area (Å²) >= 11 is 0. The van der Waals surface area contributed by atoms with Crippen LogP contribution in [-0.4, -0.2) is 230 Å². The molecule has 3 saturated heterocycles. The molecule has 23 atom stereocenters. The van der Waals surface area contributed by atoms with Crippen molar-refractivity contribution in [2.45, 2.75) is 207 Å². The fourth-order valence-electron chi connectivity index (χ4n) is 10.5. The van der Waals surface area contributed by atoms with Crippen molar-refractivity contribution < 1.29 is 105 Å². The molecular weight excluding hydrogens is 1100 g/mol. The summed E-state index contributed by atoms with van der Waals surface area (Å²) in [6, 6.07) is 3.93. The predicted octanol–water partition coefficient (Wildman–Crippen LogP) is -1.19. The van der Waals surface area contributed by atoms with Crippen LogP contribution in [-0.2, 0) is 39.7 Å². The number of aliphatic hydroxyl groups is 14. The van der Waals surface area contributed by atoms with E-state index < -0.39 is 184 Å². The third-order valence-electron chi connectivity index (χ3n) is 15.7. The highest BCUT2D eigenvalue weighted by molar-refractivity contribution is 5.80.